The molecule has 2 aromatic heterocycles. The number of aryl methyl sites for hydroxylation is 1. The molecular weight excluding hydrogens is 197 g/mol. The molecule has 4 nitrogen and oxygen atoms in total. The Bertz CT molecular complexity index is 490. The lowest BCUT2D eigenvalue weighted by atomic mass is 10.2. The number of hydrogen-bond acceptors (Lipinski definition) is 3. The molecule has 2 rings (SSSR count). The lowest BCUT2D eigenvalue weighted by Gasteiger charge is -1.99. The van der Waals surface area contributed by atoms with E-state index < -0.39 is 5.82 Å². The number of aromatic nitrogens is 3. The number of carbonyl (C=O) groups excluding carboxylic acids is 1. The molecule has 0 spiro atoms. The van der Waals surface area contributed by atoms with Gasteiger partial charge in [-0.3, -0.25) is 9.48 Å². The van der Waals surface area contributed by atoms with Crippen molar-refractivity contribution in [3.05, 3.63) is 47.8 Å². The summed E-state index contributed by atoms with van der Waals surface area (Å²) in [4.78, 5) is 15.5. The fraction of sp³-hybridized carbons (Fsp3) is 0.100. The highest BCUT2D eigenvalue weighted by Gasteiger charge is 2.13. The van der Waals surface area contributed by atoms with E-state index in [1.165, 1.54) is 23.0 Å². The fourth-order valence-corrected chi connectivity index (χ4v) is 1.24. The number of carbonyl (C=O) groups is 1. The molecule has 0 aliphatic heterocycles. The molecule has 0 aromatic carbocycles. The van der Waals surface area contributed by atoms with Crippen LogP contribution in [0, 0.1) is 5.82 Å². The van der Waals surface area contributed by atoms with Gasteiger partial charge in [0, 0.05) is 13.2 Å². The van der Waals surface area contributed by atoms with Crippen LogP contribution in [-0.4, -0.2) is 20.5 Å². The highest BCUT2D eigenvalue weighted by Crippen LogP contribution is 2.06. The Balaban J connectivity index is 2.37. The average Bonchev–Trinajstić information content (AvgIpc) is 2.65. The average molecular weight is 205 g/mol. The maximum absolute atomic E-state index is 12.6. The van der Waals surface area contributed by atoms with Gasteiger partial charge in [-0.05, 0) is 18.2 Å². The Kier molecular flexibility index (Phi) is 2.29. The Morgan fingerprint density at radius 3 is 2.73 bits per heavy atom. The van der Waals surface area contributed by atoms with Crippen LogP contribution in [0.3, 0.4) is 0 Å². The highest BCUT2D eigenvalue weighted by atomic mass is 19.1. The van der Waals surface area contributed by atoms with E-state index in [9.17, 15) is 9.18 Å². The van der Waals surface area contributed by atoms with Gasteiger partial charge in [0.2, 0.25) is 5.78 Å². The number of nitrogens with zero attached hydrogens (tertiary/aromatic N) is 3. The van der Waals surface area contributed by atoms with E-state index >= 15 is 0 Å². The lowest BCUT2D eigenvalue weighted by Crippen LogP contribution is -2.09. The van der Waals surface area contributed by atoms with Crippen molar-refractivity contribution in [3.8, 4) is 0 Å². The zero-order valence-corrected chi connectivity index (χ0v) is 8.01. The normalized spacial score (nSPS) is 10.3. The van der Waals surface area contributed by atoms with Crippen molar-refractivity contribution in [2.75, 3.05) is 0 Å². The molecule has 2 heterocycles. The first kappa shape index (κ1) is 9.51. The summed E-state index contributed by atoms with van der Waals surface area (Å²) in [5, 5.41) is 3.87. The molecular formula is C10H8FN3O. The van der Waals surface area contributed by atoms with Gasteiger partial charge in [0.25, 0.3) is 0 Å². The standard InChI is InChI=1S/C10H8FN3O/c1-14-9(4-5-13-14)10(15)8-3-2-7(11)6-12-8/h2-6H,1H3. The fourth-order valence-electron chi connectivity index (χ4n) is 1.24. The summed E-state index contributed by atoms with van der Waals surface area (Å²) in [6.07, 6.45) is 2.54. The molecule has 0 aliphatic carbocycles. The van der Waals surface area contributed by atoms with Gasteiger partial charge in [-0.1, -0.05) is 0 Å². The second kappa shape index (κ2) is 3.61. The van der Waals surface area contributed by atoms with E-state index in [-0.39, 0.29) is 11.5 Å². The van der Waals surface area contributed by atoms with Crippen molar-refractivity contribution in [1.82, 2.24) is 14.8 Å². The zero-order valence-electron chi connectivity index (χ0n) is 8.01. The van der Waals surface area contributed by atoms with Gasteiger partial charge in [-0.25, -0.2) is 9.37 Å². The van der Waals surface area contributed by atoms with Crippen LogP contribution >= 0.6 is 0 Å². The molecule has 0 amide bonds. The van der Waals surface area contributed by atoms with Crippen molar-refractivity contribution in [3.63, 3.8) is 0 Å². The summed E-state index contributed by atoms with van der Waals surface area (Å²) in [5.41, 5.74) is 0.633. The maximum atomic E-state index is 12.6. The molecule has 0 aliphatic rings. The summed E-state index contributed by atoms with van der Waals surface area (Å²) in [5.74, 6) is -0.730. The van der Waals surface area contributed by atoms with Crippen LogP contribution in [0.5, 0.6) is 0 Å². The summed E-state index contributed by atoms with van der Waals surface area (Å²) >= 11 is 0. The van der Waals surface area contributed by atoms with Crippen LogP contribution in [0.1, 0.15) is 16.2 Å². The van der Waals surface area contributed by atoms with E-state index in [2.05, 4.69) is 10.1 Å². The van der Waals surface area contributed by atoms with E-state index in [4.69, 9.17) is 0 Å². The number of ketones is 1. The molecule has 2 aromatic rings. The second-order valence-corrected chi connectivity index (χ2v) is 3.03. The third kappa shape index (κ3) is 1.76. The van der Waals surface area contributed by atoms with Gasteiger partial charge >= 0.3 is 0 Å². The molecule has 0 N–H and O–H groups in total. The van der Waals surface area contributed by atoms with Gasteiger partial charge in [0.15, 0.2) is 0 Å². The number of rotatable bonds is 2. The molecule has 0 saturated heterocycles. The van der Waals surface area contributed by atoms with Gasteiger partial charge in [-0.2, -0.15) is 5.10 Å². The Morgan fingerprint density at radius 2 is 2.20 bits per heavy atom. The van der Waals surface area contributed by atoms with Gasteiger partial charge in [0.05, 0.1) is 6.20 Å². The van der Waals surface area contributed by atoms with Crippen LogP contribution < -0.4 is 0 Å². The minimum atomic E-state index is -0.462. The molecule has 15 heavy (non-hydrogen) atoms. The van der Waals surface area contributed by atoms with Crippen LogP contribution in [0.25, 0.3) is 0 Å². The molecule has 0 unspecified atom stereocenters. The predicted octanol–water partition coefficient (Wildman–Crippen LogP) is 1.19. The highest BCUT2D eigenvalue weighted by molar-refractivity contribution is 6.06. The predicted molar refractivity (Wildman–Crippen MR) is 50.8 cm³/mol. The third-order valence-electron chi connectivity index (χ3n) is 2.01. The molecule has 0 atom stereocenters. The molecule has 76 valence electrons. The largest absolute Gasteiger partial charge is 0.285 e. The van der Waals surface area contributed by atoms with Gasteiger partial charge in [-0.15, -0.1) is 0 Å². The van der Waals surface area contributed by atoms with Gasteiger partial charge < -0.3 is 0 Å². The van der Waals surface area contributed by atoms with Gasteiger partial charge in [0.1, 0.15) is 17.2 Å². The second-order valence-electron chi connectivity index (χ2n) is 3.03. The Hall–Kier alpha value is -2.04. The van der Waals surface area contributed by atoms with E-state index in [1.54, 1.807) is 13.1 Å². The first-order valence-electron chi connectivity index (χ1n) is 4.33. The van der Waals surface area contributed by atoms with Crippen molar-refractivity contribution < 1.29 is 9.18 Å². The first-order valence-corrected chi connectivity index (χ1v) is 4.33. The lowest BCUT2D eigenvalue weighted by molar-refractivity contribution is 0.102. The minimum absolute atomic E-state index is 0.208. The van der Waals surface area contributed by atoms with E-state index in [1.807, 2.05) is 0 Å². The summed E-state index contributed by atoms with van der Waals surface area (Å²) < 4.78 is 14.0. The maximum Gasteiger partial charge on any atom is 0.229 e. The molecule has 0 fully saturated rings. The quantitative estimate of drug-likeness (QED) is 0.692. The van der Waals surface area contributed by atoms with E-state index in [0.717, 1.165) is 6.20 Å². The van der Waals surface area contributed by atoms with Crippen molar-refractivity contribution in [1.29, 1.82) is 0 Å². The molecule has 0 saturated carbocycles. The third-order valence-corrected chi connectivity index (χ3v) is 2.01. The van der Waals surface area contributed by atoms with Crippen LogP contribution in [0.15, 0.2) is 30.6 Å². The number of hydrogen-bond donors (Lipinski definition) is 0. The summed E-state index contributed by atoms with van der Waals surface area (Å²) in [6.45, 7) is 0. The van der Waals surface area contributed by atoms with Crippen molar-refractivity contribution >= 4 is 5.78 Å². The summed E-state index contributed by atoms with van der Waals surface area (Å²) in [6, 6.07) is 4.15. The monoisotopic (exact) mass is 205 g/mol. The smallest absolute Gasteiger partial charge is 0.229 e. The Labute approximate surface area is 85.4 Å². The van der Waals surface area contributed by atoms with Crippen LogP contribution in [-0.2, 0) is 7.05 Å². The van der Waals surface area contributed by atoms with Crippen molar-refractivity contribution in [2.45, 2.75) is 0 Å². The molecule has 0 radical (unpaired) electrons. The topological polar surface area (TPSA) is 47.8 Å². The number of halogens is 1. The van der Waals surface area contributed by atoms with Crippen molar-refractivity contribution in [2.24, 2.45) is 7.05 Å². The number of pyridine rings is 1. The van der Waals surface area contributed by atoms with Crippen LogP contribution in [0.4, 0.5) is 4.39 Å². The molecule has 0 bridgehead atoms. The minimum Gasteiger partial charge on any atom is -0.285 e. The SMILES string of the molecule is Cn1nccc1C(=O)c1ccc(F)cn1. The Morgan fingerprint density at radius 1 is 1.40 bits per heavy atom. The first-order chi connectivity index (χ1) is 7.18. The van der Waals surface area contributed by atoms with E-state index in [0.29, 0.717) is 5.69 Å². The van der Waals surface area contributed by atoms with Crippen LogP contribution in [0.2, 0.25) is 0 Å². The zero-order chi connectivity index (χ0) is 10.8. The molecule has 5 heteroatoms. The summed E-state index contributed by atoms with van der Waals surface area (Å²) in [7, 11) is 1.66.